The number of amides is 1. The van der Waals surface area contributed by atoms with Gasteiger partial charge in [-0.05, 0) is 36.1 Å². The Kier molecular flexibility index (Phi) is 4.62. The first kappa shape index (κ1) is 15.1. The van der Waals surface area contributed by atoms with E-state index in [-0.39, 0.29) is 11.8 Å². The van der Waals surface area contributed by atoms with Crippen LogP contribution < -0.4 is 4.74 Å². The number of hydrogen-bond acceptors (Lipinski definition) is 3. The van der Waals surface area contributed by atoms with Crippen molar-refractivity contribution in [2.45, 2.75) is 19.4 Å². The molecular weight excluding hydrogens is 270 g/mol. The Labute approximate surface area is 123 Å². The van der Waals surface area contributed by atoms with Crippen LogP contribution in [0.25, 0.3) is 6.08 Å². The van der Waals surface area contributed by atoms with Gasteiger partial charge in [0.2, 0.25) is 5.91 Å². The van der Waals surface area contributed by atoms with E-state index >= 15 is 0 Å². The molecule has 21 heavy (non-hydrogen) atoms. The number of benzene rings is 1. The van der Waals surface area contributed by atoms with E-state index in [1.54, 1.807) is 13.2 Å². The molecule has 0 bridgehead atoms. The van der Waals surface area contributed by atoms with E-state index in [1.807, 2.05) is 31.2 Å². The number of rotatable bonds is 4. The highest BCUT2D eigenvalue weighted by Gasteiger charge is 2.38. The number of aliphatic carboxylic acids is 1. The summed E-state index contributed by atoms with van der Waals surface area (Å²) in [6.07, 6.45) is 3.83. The molecule has 1 aliphatic heterocycles. The summed E-state index contributed by atoms with van der Waals surface area (Å²) in [6, 6.07) is 6.57. The second kappa shape index (κ2) is 6.43. The predicted octanol–water partition coefficient (Wildman–Crippen LogP) is 2.03. The molecule has 1 aromatic rings. The Morgan fingerprint density at radius 1 is 1.33 bits per heavy atom. The van der Waals surface area contributed by atoms with Crippen molar-refractivity contribution < 1.29 is 19.4 Å². The van der Waals surface area contributed by atoms with Crippen molar-refractivity contribution in [1.29, 1.82) is 0 Å². The average Bonchev–Trinajstić information content (AvgIpc) is 2.87. The molecule has 0 aromatic heterocycles. The van der Waals surface area contributed by atoms with Crippen molar-refractivity contribution in [2.75, 3.05) is 13.7 Å². The summed E-state index contributed by atoms with van der Waals surface area (Å²) in [5.41, 5.74) is 0.864. The molecule has 2 rings (SSSR count). The number of methoxy groups -OCH3 is 1. The number of carbonyl (C=O) groups excluding carboxylic acids is 1. The van der Waals surface area contributed by atoms with Crippen molar-refractivity contribution in [2.24, 2.45) is 5.92 Å². The van der Waals surface area contributed by atoms with Crippen LogP contribution in [-0.4, -0.2) is 41.6 Å². The molecule has 1 aromatic carbocycles. The fourth-order valence-electron chi connectivity index (χ4n) is 2.55. The third-order valence-corrected chi connectivity index (χ3v) is 3.77. The van der Waals surface area contributed by atoms with Gasteiger partial charge in [0, 0.05) is 12.6 Å². The van der Waals surface area contributed by atoms with Crippen LogP contribution in [0.1, 0.15) is 18.9 Å². The molecule has 1 N–H and O–H groups in total. The lowest BCUT2D eigenvalue weighted by atomic mass is 10.0. The van der Waals surface area contributed by atoms with Crippen LogP contribution in [0.15, 0.2) is 30.3 Å². The zero-order chi connectivity index (χ0) is 15.4. The van der Waals surface area contributed by atoms with Crippen molar-refractivity contribution in [3.63, 3.8) is 0 Å². The Morgan fingerprint density at radius 2 is 2.00 bits per heavy atom. The minimum atomic E-state index is -0.939. The monoisotopic (exact) mass is 289 g/mol. The number of carboxylic acids is 1. The molecule has 0 saturated carbocycles. The molecule has 1 amide bonds. The van der Waals surface area contributed by atoms with Crippen molar-refractivity contribution in [1.82, 2.24) is 4.90 Å². The minimum absolute atomic E-state index is 0.0131. The lowest BCUT2D eigenvalue weighted by molar-refractivity contribution is -0.147. The highest BCUT2D eigenvalue weighted by molar-refractivity contribution is 5.94. The third kappa shape index (κ3) is 3.42. The Balaban J connectivity index is 2.06. The smallest absolute Gasteiger partial charge is 0.326 e. The fraction of sp³-hybridized carbons (Fsp3) is 0.375. The van der Waals surface area contributed by atoms with Crippen LogP contribution in [-0.2, 0) is 9.59 Å². The van der Waals surface area contributed by atoms with Crippen molar-refractivity contribution in [3.05, 3.63) is 35.9 Å². The lowest BCUT2D eigenvalue weighted by Crippen LogP contribution is -2.42. The number of hydrogen-bond donors (Lipinski definition) is 1. The largest absolute Gasteiger partial charge is 0.497 e. The van der Waals surface area contributed by atoms with Crippen LogP contribution >= 0.6 is 0 Å². The molecule has 0 spiro atoms. The van der Waals surface area contributed by atoms with E-state index in [0.717, 1.165) is 17.7 Å². The molecule has 1 heterocycles. The number of carboxylic acid groups (broad SMARTS) is 1. The van der Waals surface area contributed by atoms with Gasteiger partial charge in [-0.15, -0.1) is 0 Å². The number of ether oxygens (including phenoxy) is 1. The Bertz CT molecular complexity index is 550. The fourth-order valence-corrected chi connectivity index (χ4v) is 2.55. The van der Waals surface area contributed by atoms with Crippen molar-refractivity contribution in [3.8, 4) is 5.75 Å². The standard InChI is InChI=1S/C16H19NO4/c1-11-9-10-17(15(11)16(19)20)14(18)8-5-12-3-6-13(21-2)7-4-12/h3-8,11,15H,9-10H2,1-2H3,(H,19,20)/b8-5+. The Morgan fingerprint density at radius 3 is 2.57 bits per heavy atom. The first-order chi connectivity index (χ1) is 10.0. The molecule has 2 unspecified atom stereocenters. The number of likely N-dealkylation sites (tertiary alicyclic amines) is 1. The van der Waals surface area contributed by atoms with Crippen molar-refractivity contribution >= 4 is 18.0 Å². The minimum Gasteiger partial charge on any atom is -0.497 e. The van der Waals surface area contributed by atoms with Crippen LogP contribution in [0.4, 0.5) is 0 Å². The van der Waals surface area contributed by atoms with Crippen LogP contribution in [0.5, 0.6) is 5.75 Å². The van der Waals surface area contributed by atoms with Gasteiger partial charge in [0.25, 0.3) is 0 Å². The summed E-state index contributed by atoms with van der Waals surface area (Å²) in [5.74, 6) is -0.465. The molecule has 0 aliphatic carbocycles. The maximum Gasteiger partial charge on any atom is 0.326 e. The molecule has 5 heteroatoms. The maximum atomic E-state index is 12.2. The predicted molar refractivity (Wildman–Crippen MR) is 78.9 cm³/mol. The van der Waals surface area contributed by atoms with Gasteiger partial charge in [0.05, 0.1) is 7.11 Å². The summed E-state index contributed by atoms with van der Waals surface area (Å²) >= 11 is 0. The van der Waals surface area contributed by atoms with E-state index < -0.39 is 12.0 Å². The lowest BCUT2D eigenvalue weighted by Gasteiger charge is -2.21. The summed E-state index contributed by atoms with van der Waals surface area (Å²) in [5, 5.41) is 9.21. The number of nitrogens with zero attached hydrogens (tertiary/aromatic N) is 1. The van der Waals surface area contributed by atoms with Gasteiger partial charge in [-0.3, -0.25) is 4.79 Å². The van der Waals surface area contributed by atoms with Crippen LogP contribution in [0.2, 0.25) is 0 Å². The molecule has 0 radical (unpaired) electrons. The van der Waals surface area contributed by atoms with E-state index in [0.29, 0.717) is 6.54 Å². The molecule has 1 aliphatic rings. The van der Waals surface area contributed by atoms with Gasteiger partial charge in [0.15, 0.2) is 0 Å². The van der Waals surface area contributed by atoms with Crippen LogP contribution in [0, 0.1) is 5.92 Å². The quantitative estimate of drug-likeness (QED) is 0.861. The topological polar surface area (TPSA) is 66.8 Å². The molecule has 1 saturated heterocycles. The first-order valence-corrected chi connectivity index (χ1v) is 6.88. The third-order valence-electron chi connectivity index (χ3n) is 3.77. The average molecular weight is 289 g/mol. The van der Waals surface area contributed by atoms with Gasteiger partial charge in [0.1, 0.15) is 11.8 Å². The summed E-state index contributed by atoms with van der Waals surface area (Å²) in [6.45, 7) is 2.35. The van der Waals surface area contributed by atoms with Gasteiger partial charge >= 0.3 is 5.97 Å². The molecule has 1 fully saturated rings. The molecule has 112 valence electrons. The normalized spacial score (nSPS) is 21.7. The van der Waals surface area contributed by atoms with Crippen LogP contribution in [0.3, 0.4) is 0 Å². The summed E-state index contributed by atoms with van der Waals surface area (Å²) < 4.78 is 5.06. The molecule has 5 nitrogen and oxygen atoms in total. The number of carbonyl (C=O) groups is 2. The first-order valence-electron chi connectivity index (χ1n) is 6.88. The Hall–Kier alpha value is -2.30. The van der Waals surface area contributed by atoms with Gasteiger partial charge < -0.3 is 14.7 Å². The molecule has 2 atom stereocenters. The van der Waals surface area contributed by atoms with E-state index in [1.165, 1.54) is 11.0 Å². The summed E-state index contributed by atoms with van der Waals surface area (Å²) in [4.78, 5) is 24.8. The highest BCUT2D eigenvalue weighted by Crippen LogP contribution is 2.24. The van der Waals surface area contributed by atoms with E-state index in [9.17, 15) is 14.7 Å². The second-order valence-electron chi connectivity index (χ2n) is 5.19. The zero-order valence-corrected chi connectivity index (χ0v) is 12.2. The van der Waals surface area contributed by atoms with Gasteiger partial charge in [-0.1, -0.05) is 19.1 Å². The molecular formula is C16H19NO4. The van der Waals surface area contributed by atoms with Gasteiger partial charge in [-0.2, -0.15) is 0 Å². The van der Waals surface area contributed by atoms with E-state index in [2.05, 4.69) is 0 Å². The van der Waals surface area contributed by atoms with E-state index in [4.69, 9.17) is 4.74 Å². The zero-order valence-electron chi connectivity index (χ0n) is 12.2. The highest BCUT2D eigenvalue weighted by atomic mass is 16.5. The van der Waals surface area contributed by atoms with Gasteiger partial charge in [-0.25, -0.2) is 4.79 Å². The summed E-state index contributed by atoms with van der Waals surface area (Å²) in [7, 11) is 1.59. The SMILES string of the molecule is COc1ccc(/C=C/C(=O)N2CCC(C)C2C(=O)O)cc1. The second-order valence-corrected chi connectivity index (χ2v) is 5.19. The maximum absolute atomic E-state index is 12.2.